The summed E-state index contributed by atoms with van der Waals surface area (Å²) in [7, 11) is -3.93. The number of hydrogen-bond donors (Lipinski definition) is 2. The highest BCUT2D eigenvalue weighted by atomic mass is 35.5. The molecule has 30 heavy (non-hydrogen) atoms. The maximum Gasteiger partial charge on any atom is 0.262 e. The normalized spacial score (nSPS) is 11.0. The van der Waals surface area contributed by atoms with E-state index in [1.165, 1.54) is 30.3 Å². The summed E-state index contributed by atoms with van der Waals surface area (Å²) in [5.74, 6) is -0.697. The fraction of sp³-hybridized carbons (Fsp3) is 0.0952. The first-order valence-corrected chi connectivity index (χ1v) is 10.7. The highest BCUT2D eigenvalue weighted by Gasteiger charge is 2.17. The number of ether oxygens (including phenoxy) is 1. The van der Waals surface area contributed by atoms with Crippen LogP contribution in [0.15, 0.2) is 71.6 Å². The van der Waals surface area contributed by atoms with Crippen LogP contribution in [0.3, 0.4) is 0 Å². The molecule has 0 unspecified atom stereocenters. The van der Waals surface area contributed by atoms with Crippen molar-refractivity contribution >= 4 is 38.9 Å². The Morgan fingerprint density at radius 3 is 2.43 bits per heavy atom. The first kappa shape index (κ1) is 21.6. The molecule has 0 bridgehead atoms. The smallest absolute Gasteiger partial charge is 0.262 e. The lowest BCUT2D eigenvalue weighted by Crippen LogP contribution is -2.20. The van der Waals surface area contributed by atoms with E-state index in [9.17, 15) is 17.6 Å². The third kappa shape index (κ3) is 5.71. The molecule has 0 atom stereocenters. The van der Waals surface area contributed by atoms with E-state index in [-0.39, 0.29) is 33.9 Å². The van der Waals surface area contributed by atoms with Crippen LogP contribution in [-0.4, -0.2) is 20.9 Å². The molecule has 0 aliphatic heterocycles. The van der Waals surface area contributed by atoms with Gasteiger partial charge in [0.2, 0.25) is 0 Å². The summed E-state index contributed by atoms with van der Waals surface area (Å²) in [5, 5.41) is 2.73. The topological polar surface area (TPSA) is 84.5 Å². The van der Waals surface area contributed by atoms with Crippen LogP contribution in [0.1, 0.15) is 5.56 Å². The Morgan fingerprint density at radius 1 is 1.03 bits per heavy atom. The summed E-state index contributed by atoms with van der Waals surface area (Å²) < 4.78 is 45.7. The van der Waals surface area contributed by atoms with Crippen molar-refractivity contribution in [2.75, 3.05) is 16.6 Å². The van der Waals surface area contributed by atoms with Crippen LogP contribution in [-0.2, 0) is 14.8 Å². The number of benzene rings is 3. The van der Waals surface area contributed by atoms with Crippen molar-refractivity contribution in [2.45, 2.75) is 11.8 Å². The Morgan fingerprint density at radius 2 is 1.77 bits per heavy atom. The van der Waals surface area contributed by atoms with Crippen molar-refractivity contribution in [1.29, 1.82) is 0 Å². The van der Waals surface area contributed by atoms with E-state index < -0.39 is 15.8 Å². The lowest BCUT2D eigenvalue weighted by molar-refractivity contribution is -0.118. The zero-order chi connectivity index (χ0) is 21.7. The van der Waals surface area contributed by atoms with E-state index in [0.29, 0.717) is 5.69 Å². The number of anilines is 2. The number of rotatable bonds is 7. The first-order chi connectivity index (χ1) is 14.2. The quantitative estimate of drug-likeness (QED) is 0.553. The van der Waals surface area contributed by atoms with Crippen LogP contribution < -0.4 is 14.8 Å². The van der Waals surface area contributed by atoms with Gasteiger partial charge in [0, 0.05) is 11.4 Å². The molecule has 0 heterocycles. The van der Waals surface area contributed by atoms with E-state index in [4.69, 9.17) is 16.3 Å². The molecule has 0 aromatic heterocycles. The Bertz CT molecular complexity index is 1170. The Labute approximate surface area is 178 Å². The number of sulfonamides is 1. The molecule has 156 valence electrons. The van der Waals surface area contributed by atoms with Gasteiger partial charge in [-0.1, -0.05) is 23.7 Å². The predicted octanol–water partition coefficient (Wildman–Crippen LogP) is 4.61. The van der Waals surface area contributed by atoms with Crippen LogP contribution >= 0.6 is 11.6 Å². The molecule has 0 aliphatic carbocycles. The second kappa shape index (κ2) is 9.15. The zero-order valence-electron chi connectivity index (χ0n) is 15.9. The van der Waals surface area contributed by atoms with Crippen LogP contribution in [0, 0.1) is 12.7 Å². The number of carbonyl (C=O) groups excluding carboxylic acids is 1. The van der Waals surface area contributed by atoms with Gasteiger partial charge in [-0.15, -0.1) is 0 Å². The number of aryl methyl sites for hydroxylation is 1. The van der Waals surface area contributed by atoms with Crippen molar-refractivity contribution in [3.63, 3.8) is 0 Å². The zero-order valence-corrected chi connectivity index (χ0v) is 17.4. The van der Waals surface area contributed by atoms with Gasteiger partial charge >= 0.3 is 0 Å². The van der Waals surface area contributed by atoms with E-state index in [0.717, 1.165) is 17.7 Å². The van der Waals surface area contributed by atoms with Crippen LogP contribution in [0.2, 0.25) is 5.02 Å². The molecule has 3 aromatic rings. The van der Waals surface area contributed by atoms with Gasteiger partial charge in [0.1, 0.15) is 11.6 Å². The Kier molecular flexibility index (Phi) is 6.59. The van der Waals surface area contributed by atoms with Gasteiger partial charge in [-0.25, -0.2) is 12.8 Å². The van der Waals surface area contributed by atoms with E-state index in [2.05, 4.69) is 10.0 Å². The summed E-state index contributed by atoms with van der Waals surface area (Å²) in [5.41, 5.74) is 1.85. The highest BCUT2D eigenvalue weighted by molar-refractivity contribution is 7.92. The van der Waals surface area contributed by atoms with E-state index in [1.807, 2.05) is 25.1 Å². The van der Waals surface area contributed by atoms with Gasteiger partial charge in [-0.2, -0.15) is 0 Å². The summed E-state index contributed by atoms with van der Waals surface area (Å²) in [6, 6.07) is 16.1. The third-order valence-corrected chi connectivity index (χ3v) is 5.65. The van der Waals surface area contributed by atoms with E-state index in [1.54, 1.807) is 6.07 Å². The van der Waals surface area contributed by atoms with Gasteiger partial charge in [0.05, 0.1) is 9.92 Å². The minimum absolute atomic E-state index is 0.0281. The second-order valence-corrected chi connectivity index (χ2v) is 8.50. The minimum Gasteiger partial charge on any atom is -0.482 e. The molecule has 0 fully saturated rings. The van der Waals surface area contributed by atoms with Crippen molar-refractivity contribution < 1.29 is 22.3 Å². The standard InChI is InChI=1S/C21H18ClFN2O4S/c1-14-3-2-4-17(11-14)24-21(26)13-29-20-10-9-18(12-19(20)22)30(27,28)25-16-7-5-15(23)6-8-16/h2-12,25H,13H2,1H3,(H,24,26). The lowest BCUT2D eigenvalue weighted by atomic mass is 10.2. The average Bonchev–Trinajstić information content (AvgIpc) is 2.68. The third-order valence-electron chi connectivity index (χ3n) is 3.97. The van der Waals surface area contributed by atoms with E-state index >= 15 is 0 Å². The average molecular weight is 449 g/mol. The number of hydrogen-bond acceptors (Lipinski definition) is 4. The lowest BCUT2D eigenvalue weighted by Gasteiger charge is -2.12. The molecule has 0 saturated carbocycles. The fourth-order valence-electron chi connectivity index (χ4n) is 2.56. The van der Waals surface area contributed by atoms with Crippen molar-refractivity contribution in [1.82, 2.24) is 0 Å². The molecule has 3 aromatic carbocycles. The van der Waals surface area contributed by atoms with Gasteiger partial charge in [-0.3, -0.25) is 9.52 Å². The van der Waals surface area contributed by atoms with Crippen molar-refractivity contribution in [3.05, 3.63) is 83.1 Å². The number of halogens is 2. The first-order valence-electron chi connectivity index (χ1n) is 8.80. The largest absolute Gasteiger partial charge is 0.482 e. The Hall–Kier alpha value is -3.10. The molecule has 3 rings (SSSR count). The summed E-state index contributed by atoms with van der Waals surface area (Å²) in [6.45, 7) is 1.61. The van der Waals surface area contributed by atoms with Crippen molar-refractivity contribution in [2.24, 2.45) is 0 Å². The molecule has 0 aliphatic rings. The maximum absolute atomic E-state index is 13.0. The number of amides is 1. The molecule has 1 amide bonds. The minimum atomic E-state index is -3.93. The molecule has 6 nitrogen and oxygen atoms in total. The Balaban J connectivity index is 1.64. The molecule has 0 saturated heterocycles. The van der Waals surface area contributed by atoms with Crippen LogP contribution in [0.5, 0.6) is 5.75 Å². The van der Waals surface area contributed by atoms with Gasteiger partial charge < -0.3 is 10.1 Å². The van der Waals surface area contributed by atoms with Crippen molar-refractivity contribution in [3.8, 4) is 5.75 Å². The fourth-order valence-corrected chi connectivity index (χ4v) is 3.95. The van der Waals surface area contributed by atoms with Gasteiger partial charge in [0.25, 0.3) is 15.9 Å². The van der Waals surface area contributed by atoms with Gasteiger partial charge in [-0.05, 0) is 67.1 Å². The molecular weight excluding hydrogens is 431 g/mol. The second-order valence-electron chi connectivity index (χ2n) is 6.41. The van der Waals surface area contributed by atoms with Crippen LogP contribution in [0.25, 0.3) is 0 Å². The molecule has 0 radical (unpaired) electrons. The predicted molar refractivity (Wildman–Crippen MR) is 114 cm³/mol. The summed E-state index contributed by atoms with van der Waals surface area (Å²) in [6.07, 6.45) is 0. The molecule has 9 heteroatoms. The molecule has 2 N–H and O–H groups in total. The number of carbonyl (C=O) groups is 1. The van der Waals surface area contributed by atoms with Crippen LogP contribution in [0.4, 0.5) is 15.8 Å². The number of nitrogens with one attached hydrogen (secondary N) is 2. The summed E-state index contributed by atoms with van der Waals surface area (Å²) >= 11 is 6.13. The molecule has 0 spiro atoms. The van der Waals surface area contributed by atoms with Gasteiger partial charge in [0.15, 0.2) is 6.61 Å². The summed E-state index contributed by atoms with van der Waals surface area (Å²) in [4.78, 5) is 11.9. The highest BCUT2D eigenvalue weighted by Crippen LogP contribution is 2.28. The molecular formula is C21H18ClFN2O4S. The SMILES string of the molecule is Cc1cccc(NC(=O)COc2ccc(S(=O)(=O)Nc3ccc(F)cc3)cc2Cl)c1. The monoisotopic (exact) mass is 448 g/mol. The maximum atomic E-state index is 13.0.